The molecule has 1 N–H and O–H groups in total. The quantitative estimate of drug-likeness (QED) is 0.654. The molecule has 0 aliphatic carbocycles. The van der Waals surface area contributed by atoms with Gasteiger partial charge in [0.15, 0.2) is 17.3 Å². The van der Waals surface area contributed by atoms with Crippen molar-refractivity contribution in [3.8, 4) is 17.2 Å². The number of nitrogens with zero attached hydrogens (tertiary/aromatic N) is 1. The lowest BCUT2D eigenvalue weighted by molar-refractivity contribution is 0.0811. The molecule has 156 valence electrons. The molecule has 1 atom stereocenters. The minimum atomic E-state index is -0.0194. The van der Waals surface area contributed by atoms with Crippen LogP contribution in [-0.2, 0) is 6.54 Å². The van der Waals surface area contributed by atoms with Crippen molar-refractivity contribution in [1.82, 2.24) is 4.90 Å². The number of ketones is 1. The van der Waals surface area contributed by atoms with Gasteiger partial charge in [0.05, 0.1) is 20.8 Å². The summed E-state index contributed by atoms with van der Waals surface area (Å²) < 4.78 is 16.0. The van der Waals surface area contributed by atoms with Gasteiger partial charge >= 0.3 is 0 Å². The van der Waals surface area contributed by atoms with E-state index >= 15 is 0 Å². The number of ether oxygens (including phenoxy) is 3. The molecule has 0 saturated carbocycles. The molecular weight excluding hydrogens is 370 g/mol. The van der Waals surface area contributed by atoms with Crippen LogP contribution in [0.3, 0.4) is 0 Å². The predicted octanol–water partition coefficient (Wildman–Crippen LogP) is 3.17. The molecule has 0 aromatic heterocycles. The van der Waals surface area contributed by atoms with Crippen LogP contribution in [0, 0.1) is 5.92 Å². The number of carbonyl (C=O) groups is 1. The van der Waals surface area contributed by atoms with Crippen molar-refractivity contribution >= 4 is 5.78 Å². The maximum absolute atomic E-state index is 13.1. The molecule has 0 spiro atoms. The van der Waals surface area contributed by atoms with E-state index in [-0.39, 0.29) is 18.3 Å². The second-order valence-corrected chi connectivity index (χ2v) is 7.22. The maximum Gasteiger partial charge on any atom is 0.167 e. The molecular formula is C23H29NO5. The van der Waals surface area contributed by atoms with Crippen molar-refractivity contribution in [3.63, 3.8) is 0 Å². The van der Waals surface area contributed by atoms with E-state index in [9.17, 15) is 4.79 Å². The zero-order valence-electron chi connectivity index (χ0n) is 17.1. The van der Waals surface area contributed by atoms with Gasteiger partial charge in [-0.1, -0.05) is 12.1 Å². The fraction of sp³-hybridized carbons (Fsp3) is 0.435. The minimum absolute atomic E-state index is 0.00498. The van der Waals surface area contributed by atoms with Gasteiger partial charge in [-0.3, -0.25) is 9.69 Å². The summed E-state index contributed by atoms with van der Waals surface area (Å²) in [6.45, 7) is 2.83. The topological polar surface area (TPSA) is 68.2 Å². The highest BCUT2D eigenvalue weighted by Gasteiger charge is 2.27. The molecule has 1 aliphatic heterocycles. The van der Waals surface area contributed by atoms with Crippen LogP contribution in [0.2, 0.25) is 0 Å². The normalized spacial score (nSPS) is 17.0. The van der Waals surface area contributed by atoms with Crippen LogP contribution < -0.4 is 14.2 Å². The Morgan fingerprint density at radius 2 is 1.86 bits per heavy atom. The molecule has 1 fully saturated rings. The van der Waals surface area contributed by atoms with E-state index in [1.54, 1.807) is 26.4 Å². The minimum Gasteiger partial charge on any atom is -0.493 e. The lowest BCUT2D eigenvalue weighted by atomic mass is 9.89. The van der Waals surface area contributed by atoms with Crippen molar-refractivity contribution < 1.29 is 24.1 Å². The average molecular weight is 399 g/mol. The molecule has 2 aromatic carbocycles. The first kappa shape index (κ1) is 21.1. The molecule has 29 heavy (non-hydrogen) atoms. The molecule has 0 radical (unpaired) electrons. The summed E-state index contributed by atoms with van der Waals surface area (Å²) in [5.41, 5.74) is 1.85. The van der Waals surface area contributed by atoms with E-state index in [4.69, 9.17) is 19.3 Å². The third-order valence-electron chi connectivity index (χ3n) is 5.23. The van der Waals surface area contributed by atoms with Gasteiger partial charge in [-0.2, -0.15) is 0 Å². The van der Waals surface area contributed by atoms with Crippen molar-refractivity contribution in [2.75, 3.05) is 40.5 Å². The van der Waals surface area contributed by atoms with Crippen molar-refractivity contribution in [1.29, 1.82) is 0 Å². The van der Waals surface area contributed by atoms with E-state index in [0.717, 1.165) is 38.2 Å². The maximum atomic E-state index is 13.1. The standard InChI is InChI=1S/C23H29NO5/c1-27-21-10-7-18(14-22(21)28-2)23(26)19-4-3-11-24(16-19)15-17-5-8-20(9-6-17)29-13-12-25/h5-10,14,19,25H,3-4,11-13,15-16H2,1-2H3. The van der Waals surface area contributed by atoms with Gasteiger partial charge in [-0.15, -0.1) is 0 Å². The van der Waals surface area contributed by atoms with Gasteiger partial charge in [0.25, 0.3) is 0 Å². The van der Waals surface area contributed by atoms with Crippen LogP contribution in [-0.4, -0.2) is 56.3 Å². The van der Waals surface area contributed by atoms with Gasteiger partial charge in [0.1, 0.15) is 12.4 Å². The van der Waals surface area contributed by atoms with Gasteiger partial charge in [0.2, 0.25) is 0 Å². The van der Waals surface area contributed by atoms with Gasteiger partial charge in [-0.25, -0.2) is 0 Å². The Morgan fingerprint density at radius 3 is 2.55 bits per heavy atom. The molecule has 1 aliphatic rings. The average Bonchev–Trinajstić information content (AvgIpc) is 2.77. The molecule has 6 heteroatoms. The number of aliphatic hydroxyl groups is 1. The summed E-state index contributed by atoms with van der Waals surface area (Å²) in [4.78, 5) is 15.4. The summed E-state index contributed by atoms with van der Waals surface area (Å²) in [7, 11) is 3.16. The molecule has 1 heterocycles. The number of methoxy groups -OCH3 is 2. The van der Waals surface area contributed by atoms with Gasteiger partial charge in [0, 0.05) is 24.6 Å². The number of likely N-dealkylation sites (tertiary alicyclic amines) is 1. The Morgan fingerprint density at radius 1 is 1.10 bits per heavy atom. The lowest BCUT2D eigenvalue weighted by Crippen LogP contribution is -2.38. The van der Waals surface area contributed by atoms with Crippen LogP contribution in [0.4, 0.5) is 0 Å². The number of piperidine rings is 1. The first-order chi connectivity index (χ1) is 14.1. The van der Waals surface area contributed by atoms with Crippen LogP contribution in [0.15, 0.2) is 42.5 Å². The Labute approximate surface area is 172 Å². The third-order valence-corrected chi connectivity index (χ3v) is 5.23. The fourth-order valence-corrected chi connectivity index (χ4v) is 3.75. The van der Waals surface area contributed by atoms with Crippen LogP contribution in [0.25, 0.3) is 0 Å². The van der Waals surface area contributed by atoms with Crippen LogP contribution >= 0.6 is 0 Å². The Bertz CT molecular complexity index is 805. The number of carbonyl (C=O) groups excluding carboxylic acids is 1. The highest BCUT2D eigenvalue weighted by atomic mass is 16.5. The summed E-state index contributed by atoms with van der Waals surface area (Å²) >= 11 is 0. The molecule has 2 aromatic rings. The number of rotatable bonds is 9. The first-order valence-corrected chi connectivity index (χ1v) is 9.95. The summed E-state index contributed by atoms with van der Waals surface area (Å²) in [6, 6.07) is 13.3. The van der Waals surface area contributed by atoms with E-state index < -0.39 is 0 Å². The molecule has 6 nitrogen and oxygen atoms in total. The van der Waals surface area contributed by atoms with E-state index in [0.29, 0.717) is 23.7 Å². The van der Waals surface area contributed by atoms with Crippen LogP contribution in [0.5, 0.6) is 17.2 Å². The Balaban J connectivity index is 1.62. The van der Waals surface area contributed by atoms with Gasteiger partial charge in [-0.05, 0) is 55.3 Å². The molecule has 1 saturated heterocycles. The number of hydrogen-bond donors (Lipinski definition) is 1. The second-order valence-electron chi connectivity index (χ2n) is 7.22. The number of hydrogen-bond acceptors (Lipinski definition) is 6. The predicted molar refractivity (Wildman–Crippen MR) is 111 cm³/mol. The number of Topliss-reactive ketones (excluding diaryl/α,β-unsaturated/α-hetero) is 1. The highest BCUT2D eigenvalue weighted by molar-refractivity contribution is 5.98. The van der Waals surface area contributed by atoms with Crippen LogP contribution in [0.1, 0.15) is 28.8 Å². The first-order valence-electron chi connectivity index (χ1n) is 9.95. The Hall–Kier alpha value is -2.57. The Kier molecular flexibility index (Phi) is 7.49. The van der Waals surface area contributed by atoms with E-state index in [2.05, 4.69) is 4.90 Å². The number of benzene rings is 2. The second kappa shape index (κ2) is 10.3. The monoisotopic (exact) mass is 399 g/mol. The smallest absolute Gasteiger partial charge is 0.167 e. The van der Waals surface area contributed by atoms with Crippen molar-refractivity contribution in [2.24, 2.45) is 5.92 Å². The fourth-order valence-electron chi connectivity index (χ4n) is 3.75. The van der Waals surface area contributed by atoms with Crippen molar-refractivity contribution in [3.05, 3.63) is 53.6 Å². The van der Waals surface area contributed by atoms with E-state index in [1.165, 1.54) is 5.56 Å². The summed E-state index contributed by atoms with van der Waals surface area (Å²) in [6.07, 6.45) is 1.90. The lowest BCUT2D eigenvalue weighted by Gasteiger charge is -2.32. The zero-order chi connectivity index (χ0) is 20.6. The summed E-state index contributed by atoms with van der Waals surface area (Å²) in [5, 5.41) is 8.83. The third kappa shape index (κ3) is 5.49. The highest BCUT2D eigenvalue weighted by Crippen LogP contribution is 2.30. The van der Waals surface area contributed by atoms with Gasteiger partial charge < -0.3 is 19.3 Å². The van der Waals surface area contributed by atoms with E-state index in [1.807, 2.05) is 30.3 Å². The largest absolute Gasteiger partial charge is 0.493 e. The zero-order valence-corrected chi connectivity index (χ0v) is 17.1. The SMILES string of the molecule is COc1ccc(C(=O)C2CCCN(Cc3ccc(OCCO)cc3)C2)cc1OC. The molecule has 0 bridgehead atoms. The van der Waals surface area contributed by atoms with Crippen molar-refractivity contribution in [2.45, 2.75) is 19.4 Å². The number of aliphatic hydroxyl groups excluding tert-OH is 1. The molecule has 0 amide bonds. The molecule has 1 unspecified atom stereocenters. The summed E-state index contributed by atoms with van der Waals surface area (Å²) in [5.74, 6) is 2.09. The molecule has 3 rings (SSSR count).